The van der Waals surface area contributed by atoms with Gasteiger partial charge in [-0.3, -0.25) is 4.90 Å². The summed E-state index contributed by atoms with van der Waals surface area (Å²) >= 11 is 3.25. The zero-order valence-corrected chi connectivity index (χ0v) is 12.0. The van der Waals surface area contributed by atoms with Crippen molar-refractivity contribution < 1.29 is 8.83 Å². The predicted octanol–water partition coefficient (Wildman–Crippen LogP) is 2.02. The van der Waals surface area contributed by atoms with Crippen LogP contribution in [0.3, 0.4) is 0 Å². The summed E-state index contributed by atoms with van der Waals surface area (Å²) in [6.45, 7) is 2.36. The minimum atomic E-state index is 0.407. The molecule has 1 unspecified atom stereocenters. The molecule has 1 saturated heterocycles. The Morgan fingerprint density at radius 1 is 1.37 bits per heavy atom. The van der Waals surface area contributed by atoms with Gasteiger partial charge in [-0.25, -0.2) is 0 Å². The van der Waals surface area contributed by atoms with Gasteiger partial charge in [0.15, 0.2) is 10.4 Å². The second-order valence-electron chi connectivity index (χ2n) is 4.61. The van der Waals surface area contributed by atoms with Crippen molar-refractivity contribution in [2.45, 2.75) is 25.4 Å². The standard InChI is InChI=1S/C12H15BrN4O2/c13-10-4-3-9(18-10)12-16-15-11(19-12)7-17-5-1-2-8(17)6-14/h3-4,8H,1-2,5-7,14H2. The van der Waals surface area contributed by atoms with Crippen molar-refractivity contribution in [2.24, 2.45) is 5.73 Å². The third kappa shape index (κ3) is 2.72. The van der Waals surface area contributed by atoms with Gasteiger partial charge in [0, 0.05) is 12.6 Å². The van der Waals surface area contributed by atoms with Crippen LogP contribution in [0.5, 0.6) is 0 Å². The average Bonchev–Trinajstić information content (AvgIpc) is 3.10. The topological polar surface area (TPSA) is 81.3 Å². The number of halogens is 1. The second-order valence-corrected chi connectivity index (χ2v) is 5.39. The van der Waals surface area contributed by atoms with Gasteiger partial charge in [0.25, 0.3) is 5.89 Å². The molecule has 0 saturated carbocycles. The molecule has 7 heteroatoms. The first kappa shape index (κ1) is 12.8. The summed E-state index contributed by atoms with van der Waals surface area (Å²) in [5.41, 5.74) is 5.75. The first-order valence-corrected chi connectivity index (χ1v) is 7.08. The molecule has 0 amide bonds. The van der Waals surface area contributed by atoms with Gasteiger partial charge in [0.1, 0.15) is 0 Å². The summed E-state index contributed by atoms with van der Waals surface area (Å²) in [5.74, 6) is 1.58. The highest BCUT2D eigenvalue weighted by molar-refractivity contribution is 9.10. The minimum absolute atomic E-state index is 0.407. The van der Waals surface area contributed by atoms with Crippen LogP contribution >= 0.6 is 15.9 Å². The highest BCUT2D eigenvalue weighted by atomic mass is 79.9. The molecule has 102 valence electrons. The summed E-state index contributed by atoms with van der Waals surface area (Å²) in [5, 5.41) is 8.06. The van der Waals surface area contributed by atoms with Gasteiger partial charge in [-0.2, -0.15) is 0 Å². The Kier molecular flexibility index (Phi) is 3.67. The summed E-state index contributed by atoms with van der Waals surface area (Å²) in [4.78, 5) is 2.29. The van der Waals surface area contributed by atoms with Crippen LogP contribution in [0.2, 0.25) is 0 Å². The van der Waals surface area contributed by atoms with Gasteiger partial charge in [0.05, 0.1) is 6.54 Å². The molecule has 0 spiro atoms. The Hall–Kier alpha value is -1.18. The SMILES string of the molecule is NCC1CCCN1Cc1nnc(-c2ccc(Br)o2)o1. The van der Waals surface area contributed by atoms with E-state index >= 15 is 0 Å². The number of hydrogen-bond donors (Lipinski definition) is 1. The van der Waals surface area contributed by atoms with Crippen molar-refractivity contribution >= 4 is 15.9 Å². The van der Waals surface area contributed by atoms with Crippen LogP contribution in [0.1, 0.15) is 18.7 Å². The fourth-order valence-electron chi connectivity index (χ4n) is 2.39. The zero-order chi connectivity index (χ0) is 13.2. The smallest absolute Gasteiger partial charge is 0.283 e. The average molecular weight is 327 g/mol. The number of nitrogens with two attached hydrogens (primary N) is 1. The normalized spacial score (nSPS) is 20.2. The molecule has 1 aliphatic heterocycles. The Morgan fingerprint density at radius 2 is 2.26 bits per heavy atom. The van der Waals surface area contributed by atoms with Crippen molar-refractivity contribution in [1.82, 2.24) is 15.1 Å². The van der Waals surface area contributed by atoms with Crippen molar-refractivity contribution in [3.8, 4) is 11.7 Å². The van der Waals surface area contributed by atoms with Gasteiger partial charge >= 0.3 is 0 Å². The summed E-state index contributed by atoms with van der Waals surface area (Å²) in [6.07, 6.45) is 2.32. The molecule has 2 aromatic heterocycles. The Morgan fingerprint density at radius 3 is 3.00 bits per heavy atom. The number of aromatic nitrogens is 2. The lowest BCUT2D eigenvalue weighted by Crippen LogP contribution is -2.34. The maximum atomic E-state index is 5.75. The molecule has 19 heavy (non-hydrogen) atoms. The lowest BCUT2D eigenvalue weighted by atomic mass is 10.2. The van der Waals surface area contributed by atoms with Gasteiger partial charge < -0.3 is 14.6 Å². The summed E-state index contributed by atoms with van der Waals surface area (Å²) in [6, 6.07) is 4.01. The van der Waals surface area contributed by atoms with Crippen LogP contribution in [0.4, 0.5) is 0 Å². The molecular formula is C12H15BrN4O2. The quantitative estimate of drug-likeness (QED) is 0.925. The zero-order valence-electron chi connectivity index (χ0n) is 10.4. The molecule has 3 rings (SSSR count). The van der Waals surface area contributed by atoms with E-state index in [1.165, 1.54) is 6.42 Å². The van der Waals surface area contributed by atoms with Crippen LogP contribution in [0.15, 0.2) is 25.6 Å². The fourth-order valence-corrected chi connectivity index (χ4v) is 2.70. The van der Waals surface area contributed by atoms with E-state index in [0.29, 0.717) is 41.3 Å². The number of rotatable bonds is 4. The molecule has 0 radical (unpaired) electrons. The molecule has 0 aromatic carbocycles. The Balaban J connectivity index is 1.71. The fraction of sp³-hybridized carbons (Fsp3) is 0.500. The van der Waals surface area contributed by atoms with Crippen molar-refractivity contribution in [3.05, 3.63) is 22.7 Å². The van der Waals surface area contributed by atoms with E-state index < -0.39 is 0 Å². The van der Waals surface area contributed by atoms with E-state index in [4.69, 9.17) is 14.6 Å². The number of nitrogens with zero attached hydrogens (tertiary/aromatic N) is 3. The van der Waals surface area contributed by atoms with E-state index in [9.17, 15) is 0 Å². The third-order valence-electron chi connectivity index (χ3n) is 3.36. The van der Waals surface area contributed by atoms with Crippen LogP contribution < -0.4 is 5.73 Å². The largest absolute Gasteiger partial charge is 0.444 e. The van der Waals surface area contributed by atoms with Crippen LogP contribution in [0, 0.1) is 0 Å². The summed E-state index contributed by atoms with van der Waals surface area (Å²) in [7, 11) is 0. The maximum absolute atomic E-state index is 5.75. The molecule has 3 heterocycles. The number of hydrogen-bond acceptors (Lipinski definition) is 6. The first-order valence-electron chi connectivity index (χ1n) is 6.28. The first-order chi connectivity index (χ1) is 9.26. The molecule has 0 aliphatic carbocycles. The lowest BCUT2D eigenvalue weighted by molar-refractivity contribution is 0.226. The van der Waals surface area contributed by atoms with Gasteiger partial charge in [-0.1, -0.05) is 0 Å². The monoisotopic (exact) mass is 326 g/mol. The van der Waals surface area contributed by atoms with Crippen LogP contribution in [-0.4, -0.2) is 34.2 Å². The highest BCUT2D eigenvalue weighted by Crippen LogP contribution is 2.25. The van der Waals surface area contributed by atoms with Gasteiger partial charge in [-0.15, -0.1) is 10.2 Å². The van der Waals surface area contributed by atoms with Crippen LogP contribution in [0.25, 0.3) is 11.7 Å². The molecular weight excluding hydrogens is 312 g/mol. The van der Waals surface area contributed by atoms with E-state index in [1.807, 2.05) is 0 Å². The number of furan rings is 1. The van der Waals surface area contributed by atoms with E-state index in [0.717, 1.165) is 13.0 Å². The molecule has 0 bridgehead atoms. The Bertz CT molecular complexity index is 553. The molecule has 1 aliphatic rings. The maximum Gasteiger partial charge on any atom is 0.283 e. The van der Waals surface area contributed by atoms with E-state index in [2.05, 4.69) is 31.0 Å². The number of likely N-dealkylation sites (tertiary alicyclic amines) is 1. The molecule has 1 fully saturated rings. The predicted molar refractivity (Wildman–Crippen MR) is 72.2 cm³/mol. The molecule has 6 nitrogen and oxygen atoms in total. The van der Waals surface area contributed by atoms with Crippen LogP contribution in [-0.2, 0) is 6.54 Å². The van der Waals surface area contributed by atoms with Crippen molar-refractivity contribution in [1.29, 1.82) is 0 Å². The molecule has 2 N–H and O–H groups in total. The minimum Gasteiger partial charge on any atom is -0.444 e. The molecule has 1 atom stereocenters. The summed E-state index contributed by atoms with van der Waals surface area (Å²) < 4.78 is 11.6. The van der Waals surface area contributed by atoms with E-state index in [1.54, 1.807) is 12.1 Å². The Labute approximate surface area is 119 Å². The molecule has 2 aromatic rings. The third-order valence-corrected chi connectivity index (χ3v) is 3.79. The van der Waals surface area contributed by atoms with E-state index in [-0.39, 0.29) is 0 Å². The van der Waals surface area contributed by atoms with Crippen molar-refractivity contribution in [3.63, 3.8) is 0 Å². The lowest BCUT2D eigenvalue weighted by Gasteiger charge is -2.20. The van der Waals surface area contributed by atoms with Crippen molar-refractivity contribution in [2.75, 3.05) is 13.1 Å². The van der Waals surface area contributed by atoms with Gasteiger partial charge in [-0.05, 0) is 47.4 Å². The van der Waals surface area contributed by atoms with Gasteiger partial charge in [0.2, 0.25) is 5.89 Å². The highest BCUT2D eigenvalue weighted by Gasteiger charge is 2.25. The second kappa shape index (κ2) is 5.44.